The highest BCUT2D eigenvalue weighted by Gasteiger charge is 2.30. The van der Waals surface area contributed by atoms with Crippen LogP contribution < -0.4 is 10.2 Å². The van der Waals surface area contributed by atoms with Gasteiger partial charge in [0.15, 0.2) is 0 Å². The van der Waals surface area contributed by atoms with Crippen LogP contribution in [0.4, 0.5) is 16.2 Å². The van der Waals surface area contributed by atoms with Crippen LogP contribution in [-0.2, 0) is 0 Å². The summed E-state index contributed by atoms with van der Waals surface area (Å²) in [6.45, 7) is 3.12. The predicted octanol–water partition coefficient (Wildman–Crippen LogP) is 4.66. The summed E-state index contributed by atoms with van der Waals surface area (Å²) in [6, 6.07) is 18.5. The Morgan fingerprint density at radius 1 is 0.880 bits per heavy atom. The molecule has 1 atom stereocenters. The molecule has 0 aliphatic carbocycles. The molecule has 2 aromatic carbocycles. The average molecular weight is 335 g/mol. The number of rotatable bonds is 2. The van der Waals surface area contributed by atoms with Crippen molar-refractivity contribution in [3.05, 3.63) is 60.2 Å². The summed E-state index contributed by atoms with van der Waals surface area (Å²) >= 11 is 0. The molecule has 2 aliphatic rings. The number of benzene rings is 2. The zero-order chi connectivity index (χ0) is 17.1. The number of likely N-dealkylation sites (tertiary alicyclic amines) is 1. The van der Waals surface area contributed by atoms with E-state index in [4.69, 9.17) is 0 Å². The van der Waals surface area contributed by atoms with Crippen LogP contribution in [0, 0.1) is 0 Å². The smallest absolute Gasteiger partial charge is 0.308 e. The molecule has 1 fully saturated rings. The van der Waals surface area contributed by atoms with Crippen molar-refractivity contribution in [2.24, 2.45) is 0 Å². The highest BCUT2D eigenvalue weighted by Crippen LogP contribution is 2.38. The van der Waals surface area contributed by atoms with Crippen LogP contribution in [0.25, 0.3) is 0 Å². The maximum Gasteiger partial charge on any atom is 0.326 e. The lowest BCUT2D eigenvalue weighted by Crippen LogP contribution is -2.35. The van der Waals surface area contributed by atoms with Gasteiger partial charge in [0.05, 0.1) is 5.69 Å². The second-order valence-corrected chi connectivity index (χ2v) is 6.91. The predicted molar refractivity (Wildman–Crippen MR) is 102 cm³/mol. The van der Waals surface area contributed by atoms with Gasteiger partial charge in [0.1, 0.15) is 0 Å². The van der Waals surface area contributed by atoms with Gasteiger partial charge in [-0.05, 0) is 62.5 Å². The second-order valence-electron chi connectivity index (χ2n) is 6.91. The van der Waals surface area contributed by atoms with E-state index in [9.17, 15) is 4.79 Å². The molecular weight excluding hydrogens is 310 g/mol. The van der Waals surface area contributed by atoms with Gasteiger partial charge in [0.25, 0.3) is 0 Å². The first-order valence-corrected chi connectivity index (χ1v) is 9.29. The minimum absolute atomic E-state index is 0.0410. The summed E-state index contributed by atoms with van der Waals surface area (Å²) in [6.07, 6.45) is 4.72. The molecule has 4 nitrogen and oxygen atoms in total. The molecule has 1 saturated heterocycles. The van der Waals surface area contributed by atoms with Crippen molar-refractivity contribution < 1.29 is 4.79 Å². The van der Waals surface area contributed by atoms with Crippen molar-refractivity contribution in [3.63, 3.8) is 0 Å². The standard InChI is InChI=1S/C21H25N3O/c25-21(22-17-9-2-1-3-10-17)24-16-8-13-19(23-14-6-7-15-23)18-11-4-5-12-20(18)24/h1-5,9-12,19H,6-8,13-16H2,(H,22,25). The van der Waals surface area contributed by atoms with Crippen LogP contribution in [0.15, 0.2) is 54.6 Å². The number of carbonyl (C=O) groups is 1. The van der Waals surface area contributed by atoms with Crippen molar-refractivity contribution in [2.75, 3.05) is 29.9 Å². The molecule has 25 heavy (non-hydrogen) atoms. The number of hydrogen-bond acceptors (Lipinski definition) is 2. The topological polar surface area (TPSA) is 35.6 Å². The van der Waals surface area contributed by atoms with Crippen molar-refractivity contribution in [1.82, 2.24) is 4.90 Å². The van der Waals surface area contributed by atoms with Crippen LogP contribution in [0.3, 0.4) is 0 Å². The van der Waals surface area contributed by atoms with Gasteiger partial charge in [0, 0.05) is 18.3 Å². The number of carbonyl (C=O) groups excluding carboxylic acids is 1. The zero-order valence-electron chi connectivity index (χ0n) is 14.5. The summed E-state index contributed by atoms with van der Waals surface area (Å²) in [5.74, 6) is 0. The van der Waals surface area contributed by atoms with E-state index in [1.165, 1.54) is 31.5 Å². The van der Waals surface area contributed by atoms with Gasteiger partial charge in [-0.1, -0.05) is 36.4 Å². The summed E-state index contributed by atoms with van der Waals surface area (Å²) < 4.78 is 0. The second kappa shape index (κ2) is 7.28. The lowest BCUT2D eigenvalue weighted by atomic mass is 10.0. The van der Waals surface area contributed by atoms with Gasteiger partial charge in [-0.2, -0.15) is 0 Å². The summed E-state index contributed by atoms with van der Waals surface area (Å²) in [5.41, 5.74) is 3.20. The van der Waals surface area contributed by atoms with E-state index in [-0.39, 0.29) is 6.03 Å². The number of hydrogen-bond donors (Lipinski definition) is 1. The lowest BCUT2D eigenvalue weighted by Gasteiger charge is -2.29. The molecule has 0 aromatic heterocycles. The van der Waals surface area contributed by atoms with Crippen LogP contribution >= 0.6 is 0 Å². The summed E-state index contributed by atoms with van der Waals surface area (Å²) in [7, 11) is 0. The average Bonchev–Trinajstić information content (AvgIpc) is 3.10. The Balaban J connectivity index is 1.61. The van der Waals surface area contributed by atoms with Crippen molar-refractivity contribution in [2.45, 2.75) is 31.7 Å². The van der Waals surface area contributed by atoms with E-state index in [0.29, 0.717) is 6.04 Å². The Kier molecular flexibility index (Phi) is 4.70. The molecule has 0 bridgehead atoms. The number of amides is 2. The molecule has 0 saturated carbocycles. The molecule has 2 heterocycles. The summed E-state index contributed by atoms with van der Waals surface area (Å²) in [5, 5.41) is 3.04. The van der Waals surface area contributed by atoms with Crippen LogP contribution in [0.2, 0.25) is 0 Å². The maximum absolute atomic E-state index is 12.9. The highest BCUT2D eigenvalue weighted by molar-refractivity contribution is 6.02. The Morgan fingerprint density at radius 3 is 2.40 bits per heavy atom. The normalized spacial score (nSPS) is 20.8. The highest BCUT2D eigenvalue weighted by atomic mass is 16.2. The van der Waals surface area contributed by atoms with E-state index in [2.05, 4.69) is 28.4 Å². The van der Waals surface area contributed by atoms with Gasteiger partial charge in [0.2, 0.25) is 0 Å². The van der Waals surface area contributed by atoms with E-state index in [1.807, 2.05) is 41.3 Å². The minimum atomic E-state index is -0.0410. The first-order valence-electron chi connectivity index (χ1n) is 9.29. The Labute approximate surface area is 149 Å². The first-order chi connectivity index (χ1) is 12.3. The molecule has 2 amide bonds. The first kappa shape index (κ1) is 16.2. The Hall–Kier alpha value is -2.33. The zero-order valence-corrected chi connectivity index (χ0v) is 14.5. The molecular formula is C21H25N3O. The number of urea groups is 1. The van der Waals surface area contributed by atoms with Crippen molar-refractivity contribution in [3.8, 4) is 0 Å². The fourth-order valence-electron chi connectivity index (χ4n) is 4.09. The Bertz CT molecular complexity index is 725. The fourth-order valence-corrected chi connectivity index (χ4v) is 4.09. The van der Waals surface area contributed by atoms with E-state index < -0.39 is 0 Å². The third kappa shape index (κ3) is 3.40. The maximum atomic E-state index is 12.9. The van der Waals surface area contributed by atoms with Gasteiger partial charge in [-0.25, -0.2) is 4.79 Å². The van der Waals surface area contributed by atoms with Crippen molar-refractivity contribution in [1.29, 1.82) is 0 Å². The molecule has 130 valence electrons. The number of nitrogens with zero attached hydrogens (tertiary/aromatic N) is 2. The largest absolute Gasteiger partial charge is 0.326 e. The molecule has 1 unspecified atom stereocenters. The molecule has 0 spiro atoms. The fraction of sp³-hybridized carbons (Fsp3) is 0.381. The number of para-hydroxylation sites is 2. The quantitative estimate of drug-likeness (QED) is 0.866. The third-order valence-corrected chi connectivity index (χ3v) is 5.30. The van der Waals surface area contributed by atoms with Gasteiger partial charge >= 0.3 is 6.03 Å². The van der Waals surface area contributed by atoms with Gasteiger partial charge in [-0.15, -0.1) is 0 Å². The van der Waals surface area contributed by atoms with Gasteiger partial charge < -0.3 is 5.32 Å². The molecule has 4 rings (SSSR count). The molecule has 1 N–H and O–H groups in total. The lowest BCUT2D eigenvalue weighted by molar-refractivity contribution is 0.234. The van der Waals surface area contributed by atoms with E-state index >= 15 is 0 Å². The van der Waals surface area contributed by atoms with Gasteiger partial charge in [-0.3, -0.25) is 9.80 Å². The van der Waals surface area contributed by atoms with E-state index in [1.54, 1.807) is 0 Å². The molecule has 4 heteroatoms. The van der Waals surface area contributed by atoms with E-state index in [0.717, 1.165) is 30.8 Å². The number of anilines is 2. The third-order valence-electron chi connectivity index (χ3n) is 5.30. The SMILES string of the molecule is O=C(Nc1ccccc1)N1CCCC(N2CCCC2)c2ccccc21. The van der Waals surface area contributed by atoms with Crippen LogP contribution in [0.5, 0.6) is 0 Å². The van der Waals surface area contributed by atoms with Crippen LogP contribution in [0.1, 0.15) is 37.3 Å². The van der Waals surface area contributed by atoms with Crippen molar-refractivity contribution >= 4 is 17.4 Å². The monoisotopic (exact) mass is 335 g/mol. The number of fused-ring (bicyclic) bond motifs is 1. The Morgan fingerprint density at radius 2 is 1.60 bits per heavy atom. The number of nitrogens with one attached hydrogen (secondary N) is 1. The molecule has 2 aromatic rings. The molecule has 0 radical (unpaired) electrons. The molecule has 2 aliphatic heterocycles. The minimum Gasteiger partial charge on any atom is -0.308 e. The van der Waals surface area contributed by atoms with Crippen LogP contribution in [-0.4, -0.2) is 30.6 Å². The summed E-state index contributed by atoms with van der Waals surface area (Å²) in [4.78, 5) is 17.4.